The Morgan fingerprint density at radius 2 is 1.14 bits per heavy atom. The molecule has 0 aliphatic rings. The first-order chi connectivity index (χ1) is 14.0. The maximum Gasteiger partial charge on any atom is 0.188 e. The Labute approximate surface area is 179 Å². The van der Waals surface area contributed by atoms with E-state index >= 15 is 0 Å². The standard InChI is InChI=1S/C22H47N7/c1-20(2)19-29-22(25)28-18-14-10-6-4-8-12-16-26-15-11-7-3-5-9-13-17-27-21(23)24/h26H,1,3-19H2,2H3,(H4,23,24,27)(H3,25,28,29). The minimum absolute atomic E-state index is 0.0787. The fraction of sp³-hybridized carbons (Fsp3) is 0.818. The highest BCUT2D eigenvalue weighted by atomic mass is 15.1. The molecule has 0 saturated heterocycles. The van der Waals surface area contributed by atoms with Crippen LogP contribution in [0.3, 0.4) is 0 Å². The van der Waals surface area contributed by atoms with Gasteiger partial charge in [-0.25, -0.2) is 4.99 Å². The Kier molecular flexibility index (Phi) is 19.7. The van der Waals surface area contributed by atoms with Crippen molar-refractivity contribution in [1.29, 1.82) is 5.41 Å². The van der Waals surface area contributed by atoms with Crippen molar-refractivity contribution in [2.45, 2.75) is 84.0 Å². The van der Waals surface area contributed by atoms with Crippen molar-refractivity contribution in [2.24, 2.45) is 16.5 Å². The van der Waals surface area contributed by atoms with Gasteiger partial charge in [0.1, 0.15) is 0 Å². The average Bonchev–Trinajstić information content (AvgIpc) is 2.67. The zero-order chi connectivity index (χ0) is 21.6. The van der Waals surface area contributed by atoms with Crippen molar-refractivity contribution in [3.63, 3.8) is 0 Å². The summed E-state index contributed by atoms with van der Waals surface area (Å²) in [5.74, 6) is 0.607. The second kappa shape index (κ2) is 21.0. The summed E-state index contributed by atoms with van der Waals surface area (Å²) in [6.07, 6.45) is 15.1. The topological polar surface area (TPSA) is 124 Å². The smallest absolute Gasteiger partial charge is 0.188 e. The van der Waals surface area contributed by atoms with E-state index in [0.717, 1.165) is 44.6 Å². The first kappa shape index (κ1) is 27.2. The molecule has 170 valence electrons. The lowest BCUT2D eigenvalue weighted by molar-refractivity contribution is 0.537. The fourth-order valence-corrected chi connectivity index (χ4v) is 3.00. The van der Waals surface area contributed by atoms with Crippen LogP contribution in [0.15, 0.2) is 17.1 Å². The third kappa shape index (κ3) is 24.2. The Morgan fingerprint density at radius 1 is 0.724 bits per heavy atom. The van der Waals surface area contributed by atoms with Gasteiger partial charge in [-0.2, -0.15) is 0 Å². The lowest BCUT2D eigenvalue weighted by Gasteiger charge is -2.07. The molecule has 29 heavy (non-hydrogen) atoms. The summed E-state index contributed by atoms with van der Waals surface area (Å²) >= 11 is 0. The van der Waals surface area contributed by atoms with Crippen LogP contribution in [0, 0.1) is 5.41 Å². The van der Waals surface area contributed by atoms with Crippen LogP contribution in [0.5, 0.6) is 0 Å². The van der Waals surface area contributed by atoms with Gasteiger partial charge in [0.05, 0.1) is 6.54 Å². The molecule has 0 aromatic carbocycles. The van der Waals surface area contributed by atoms with Crippen LogP contribution < -0.4 is 27.4 Å². The second-order valence-corrected chi connectivity index (χ2v) is 7.92. The Balaban J connectivity index is 3.14. The molecule has 0 atom stereocenters. The highest BCUT2D eigenvalue weighted by Crippen LogP contribution is 2.06. The minimum Gasteiger partial charge on any atom is -0.370 e. The molecule has 0 amide bonds. The van der Waals surface area contributed by atoms with Crippen molar-refractivity contribution in [3.8, 4) is 0 Å². The lowest BCUT2D eigenvalue weighted by Crippen LogP contribution is -2.32. The van der Waals surface area contributed by atoms with Crippen LogP contribution in [0.2, 0.25) is 0 Å². The molecule has 0 aliphatic carbocycles. The molecule has 0 aromatic heterocycles. The lowest BCUT2D eigenvalue weighted by atomic mass is 10.1. The van der Waals surface area contributed by atoms with Crippen molar-refractivity contribution in [2.75, 3.05) is 32.7 Å². The number of hydrogen-bond acceptors (Lipinski definition) is 3. The third-order valence-corrected chi connectivity index (χ3v) is 4.70. The van der Waals surface area contributed by atoms with E-state index in [1.807, 2.05) is 6.92 Å². The SMILES string of the molecule is C=C(C)CN=C(N)NCCCCCCCCNCCCCCCCCNC(=N)N. The Morgan fingerprint density at radius 3 is 1.59 bits per heavy atom. The van der Waals surface area contributed by atoms with Gasteiger partial charge in [-0.3, -0.25) is 5.41 Å². The van der Waals surface area contributed by atoms with Crippen LogP contribution in [-0.2, 0) is 0 Å². The number of hydrogen-bond donors (Lipinski definition) is 6. The van der Waals surface area contributed by atoms with E-state index < -0.39 is 0 Å². The maximum atomic E-state index is 7.07. The van der Waals surface area contributed by atoms with E-state index in [0.29, 0.717) is 12.5 Å². The summed E-state index contributed by atoms with van der Waals surface area (Å²) in [5.41, 5.74) is 12.0. The van der Waals surface area contributed by atoms with Gasteiger partial charge in [-0.05, 0) is 45.7 Å². The number of rotatable bonds is 20. The number of nitrogens with one attached hydrogen (secondary N) is 4. The molecule has 0 spiro atoms. The molecular weight excluding hydrogens is 362 g/mol. The minimum atomic E-state index is 0.0787. The van der Waals surface area contributed by atoms with Crippen LogP contribution in [0.4, 0.5) is 0 Å². The van der Waals surface area contributed by atoms with E-state index in [2.05, 4.69) is 27.5 Å². The molecule has 0 aliphatic heterocycles. The van der Waals surface area contributed by atoms with Crippen LogP contribution in [0.25, 0.3) is 0 Å². The van der Waals surface area contributed by atoms with Crippen LogP contribution >= 0.6 is 0 Å². The summed E-state index contributed by atoms with van der Waals surface area (Å²) in [4.78, 5) is 4.21. The molecule has 0 saturated carbocycles. The predicted octanol–water partition coefficient (Wildman–Crippen LogP) is 3.22. The summed E-state index contributed by atoms with van der Waals surface area (Å²) in [6, 6.07) is 0. The summed E-state index contributed by atoms with van der Waals surface area (Å²) < 4.78 is 0. The van der Waals surface area contributed by atoms with Gasteiger partial charge in [-0.1, -0.05) is 63.5 Å². The first-order valence-electron chi connectivity index (χ1n) is 11.5. The third-order valence-electron chi connectivity index (χ3n) is 4.70. The predicted molar refractivity (Wildman–Crippen MR) is 127 cm³/mol. The molecular formula is C22H47N7. The molecule has 0 aromatic rings. The molecule has 0 unspecified atom stereocenters. The second-order valence-electron chi connectivity index (χ2n) is 7.92. The molecule has 0 heterocycles. The maximum absolute atomic E-state index is 7.07. The molecule has 0 rings (SSSR count). The van der Waals surface area contributed by atoms with E-state index in [1.54, 1.807) is 0 Å². The van der Waals surface area contributed by atoms with E-state index in [9.17, 15) is 0 Å². The zero-order valence-electron chi connectivity index (χ0n) is 18.8. The van der Waals surface area contributed by atoms with E-state index in [4.69, 9.17) is 16.9 Å². The summed E-state index contributed by atoms with van der Waals surface area (Å²) in [5, 5.41) is 16.6. The molecule has 7 nitrogen and oxygen atoms in total. The Bertz CT molecular complexity index is 435. The summed E-state index contributed by atoms with van der Waals surface area (Å²) in [7, 11) is 0. The van der Waals surface area contributed by atoms with E-state index in [-0.39, 0.29) is 5.96 Å². The number of aliphatic imine (C=N–C) groups is 1. The normalized spacial score (nSPS) is 11.4. The van der Waals surface area contributed by atoms with Crippen molar-refractivity contribution < 1.29 is 0 Å². The van der Waals surface area contributed by atoms with Gasteiger partial charge in [-0.15, -0.1) is 0 Å². The molecule has 0 bridgehead atoms. The highest BCUT2D eigenvalue weighted by molar-refractivity contribution is 5.77. The van der Waals surface area contributed by atoms with Crippen LogP contribution in [0.1, 0.15) is 84.0 Å². The van der Waals surface area contributed by atoms with Gasteiger partial charge in [0.25, 0.3) is 0 Å². The molecule has 8 N–H and O–H groups in total. The summed E-state index contributed by atoms with van der Waals surface area (Å²) in [6.45, 7) is 10.4. The molecule has 7 heteroatoms. The van der Waals surface area contributed by atoms with Crippen molar-refractivity contribution in [1.82, 2.24) is 16.0 Å². The van der Waals surface area contributed by atoms with Gasteiger partial charge in [0, 0.05) is 13.1 Å². The van der Waals surface area contributed by atoms with Crippen molar-refractivity contribution in [3.05, 3.63) is 12.2 Å². The average molecular weight is 410 g/mol. The highest BCUT2D eigenvalue weighted by Gasteiger charge is 1.95. The van der Waals surface area contributed by atoms with E-state index in [1.165, 1.54) is 64.2 Å². The number of nitrogens with two attached hydrogens (primary N) is 2. The van der Waals surface area contributed by atoms with Gasteiger partial charge in [0.2, 0.25) is 0 Å². The van der Waals surface area contributed by atoms with Crippen LogP contribution in [-0.4, -0.2) is 44.6 Å². The van der Waals surface area contributed by atoms with Gasteiger partial charge in [0.15, 0.2) is 11.9 Å². The monoisotopic (exact) mass is 409 g/mol. The Hall–Kier alpha value is -1.76. The zero-order valence-corrected chi connectivity index (χ0v) is 18.8. The van der Waals surface area contributed by atoms with Gasteiger partial charge >= 0.3 is 0 Å². The number of guanidine groups is 2. The molecule has 0 radical (unpaired) electrons. The number of unbranched alkanes of at least 4 members (excludes halogenated alkanes) is 10. The quantitative estimate of drug-likeness (QED) is 0.0797. The first-order valence-corrected chi connectivity index (χ1v) is 11.5. The largest absolute Gasteiger partial charge is 0.370 e. The molecule has 0 fully saturated rings. The number of nitrogens with zero attached hydrogens (tertiary/aromatic N) is 1. The van der Waals surface area contributed by atoms with Crippen molar-refractivity contribution >= 4 is 11.9 Å². The fourth-order valence-electron chi connectivity index (χ4n) is 3.00. The van der Waals surface area contributed by atoms with Gasteiger partial charge < -0.3 is 27.4 Å².